The third-order valence-electron chi connectivity index (χ3n) is 3.88. The van der Waals surface area contributed by atoms with E-state index in [1.54, 1.807) is 0 Å². The van der Waals surface area contributed by atoms with Crippen molar-refractivity contribution in [1.82, 2.24) is 15.5 Å². The van der Waals surface area contributed by atoms with Crippen molar-refractivity contribution in [3.63, 3.8) is 0 Å². The minimum atomic E-state index is 0.0953. The first-order chi connectivity index (χ1) is 8.45. The van der Waals surface area contributed by atoms with Gasteiger partial charge in [0.05, 0.1) is 6.54 Å². The van der Waals surface area contributed by atoms with Crippen LogP contribution in [-0.4, -0.2) is 49.6 Å². The minimum absolute atomic E-state index is 0.0953. The van der Waals surface area contributed by atoms with Crippen molar-refractivity contribution in [3.8, 4) is 0 Å². The van der Waals surface area contributed by atoms with Crippen LogP contribution in [0, 0.1) is 0 Å². The second-order valence-corrected chi connectivity index (χ2v) is 6.03. The van der Waals surface area contributed by atoms with E-state index in [2.05, 4.69) is 50.4 Å². The van der Waals surface area contributed by atoms with Crippen LogP contribution in [0.1, 0.15) is 46.5 Å². The number of rotatable bonds is 5. The highest BCUT2D eigenvalue weighted by Crippen LogP contribution is 2.17. The van der Waals surface area contributed by atoms with Crippen molar-refractivity contribution in [3.05, 3.63) is 0 Å². The Hall–Kier alpha value is -0.770. The largest absolute Gasteiger partial charge is 0.357 e. The van der Waals surface area contributed by atoms with Crippen LogP contribution in [0.4, 0.5) is 0 Å². The van der Waals surface area contributed by atoms with Crippen molar-refractivity contribution in [1.29, 1.82) is 0 Å². The molecule has 4 nitrogen and oxygen atoms in total. The first-order valence-electron chi connectivity index (χ1n) is 7.18. The lowest BCUT2D eigenvalue weighted by atomic mass is 10.1. The molecule has 0 spiro atoms. The summed E-state index contributed by atoms with van der Waals surface area (Å²) < 4.78 is 0. The summed E-state index contributed by atoms with van der Waals surface area (Å²) >= 11 is 0. The van der Waals surface area contributed by atoms with Gasteiger partial charge in [0.1, 0.15) is 0 Å². The summed E-state index contributed by atoms with van der Waals surface area (Å²) in [5.41, 5.74) is 0.0953. The van der Waals surface area contributed by atoms with Crippen LogP contribution < -0.4 is 10.6 Å². The maximum atomic E-state index is 4.72. The van der Waals surface area contributed by atoms with Gasteiger partial charge in [0.25, 0.3) is 0 Å². The van der Waals surface area contributed by atoms with Crippen LogP contribution in [-0.2, 0) is 0 Å². The molecule has 18 heavy (non-hydrogen) atoms. The van der Waals surface area contributed by atoms with Crippen molar-refractivity contribution >= 4 is 5.96 Å². The summed E-state index contributed by atoms with van der Waals surface area (Å²) in [6, 6.07) is 0.616. The lowest BCUT2D eigenvalue weighted by Crippen LogP contribution is -2.45. The Balaban J connectivity index is 2.54. The molecular formula is C14H30N4. The van der Waals surface area contributed by atoms with Gasteiger partial charge in [0.2, 0.25) is 0 Å². The molecule has 4 heteroatoms. The summed E-state index contributed by atoms with van der Waals surface area (Å²) in [6.45, 7) is 8.28. The molecule has 0 amide bonds. The van der Waals surface area contributed by atoms with Gasteiger partial charge in [-0.3, -0.25) is 4.99 Å². The molecule has 0 saturated heterocycles. The average Bonchev–Trinajstić information content (AvgIpc) is 2.79. The molecule has 0 aromatic carbocycles. The predicted molar refractivity (Wildman–Crippen MR) is 79.1 cm³/mol. The summed E-state index contributed by atoms with van der Waals surface area (Å²) in [6.07, 6.45) is 5.25. The molecule has 0 atom stereocenters. The second-order valence-electron chi connectivity index (χ2n) is 6.03. The molecule has 0 heterocycles. The standard InChI is InChI=1S/C14H30N4/c1-6-15-13(17-12-9-7-8-10-12)16-11-14(2,3)18(4)5/h12H,6-11H2,1-5H3,(H2,15,16,17). The molecule has 106 valence electrons. The Morgan fingerprint density at radius 3 is 2.39 bits per heavy atom. The Morgan fingerprint density at radius 1 is 1.28 bits per heavy atom. The van der Waals surface area contributed by atoms with Gasteiger partial charge in [-0.25, -0.2) is 0 Å². The highest BCUT2D eigenvalue weighted by atomic mass is 15.2. The molecular weight excluding hydrogens is 224 g/mol. The zero-order chi connectivity index (χ0) is 13.6. The molecule has 1 rings (SSSR count). The number of nitrogens with one attached hydrogen (secondary N) is 2. The van der Waals surface area contributed by atoms with Crippen LogP contribution in [0.3, 0.4) is 0 Å². The average molecular weight is 254 g/mol. The van der Waals surface area contributed by atoms with E-state index in [0.717, 1.165) is 19.0 Å². The van der Waals surface area contributed by atoms with E-state index < -0.39 is 0 Å². The van der Waals surface area contributed by atoms with E-state index in [4.69, 9.17) is 4.99 Å². The molecule has 0 unspecified atom stereocenters. The van der Waals surface area contributed by atoms with Gasteiger partial charge in [0.15, 0.2) is 5.96 Å². The molecule has 1 aliphatic carbocycles. The van der Waals surface area contributed by atoms with Crippen molar-refractivity contribution in [2.24, 2.45) is 4.99 Å². The van der Waals surface area contributed by atoms with Gasteiger partial charge in [0, 0.05) is 18.1 Å². The molecule has 0 aromatic rings. The Bertz CT molecular complexity index is 265. The van der Waals surface area contributed by atoms with Gasteiger partial charge < -0.3 is 15.5 Å². The van der Waals surface area contributed by atoms with E-state index in [1.807, 2.05) is 0 Å². The number of hydrogen-bond donors (Lipinski definition) is 2. The summed E-state index contributed by atoms with van der Waals surface area (Å²) in [7, 11) is 4.21. The van der Waals surface area contributed by atoms with Gasteiger partial charge in [-0.2, -0.15) is 0 Å². The zero-order valence-electron chi connectivity index (χ0n) is 12.7. The number of aliphatic imine (C=N–C) groups is 1. The van der Waals surface area contributed by atoms with E-state index in [9.17, 15) is 0 Å². The second kappa shape index (κ2) is 6.98. The fraction of sp³-hybridized carbons (Fsp3) is 0.929. The van der Waals surface area contributed by atoms with Crippen LogP contribution in [0.5, 0.6) is 0 Å². The van der Waals surface area contributed by atoms with E-state index in [1.165, 1.54) is 25.7 Å². The van der Waals surface area contributed by atoms with Crippen LogP contribution in [0.25, 0.3) is 0 Å². The fourth-order valence-electron chi connectivity index (χ4n) is 2.00. The van der Waals surface area contributed by atoms with E-state index in [-0.39, 0.29) is 5.54 Å². The molecule has 1 saturated carbocycles. The highest BCUT2D eigenvalue weighted by molar-refractivity contribution is 5.80. The Kier molecular flexibility index (Phi) is 5.93. The molecule has 1 fully saturated rings. The van der Waals surface area contributed by atoms with Crippen molar-refractivity contribution in [2.45, 2.75) is 58.0 Å². The molecule has 0 aliphatic heterocycles. The quantitative estimate of drug-likeness (QED) is 0.581. The van der Waals surface area contributed by atoms with Crippen LogP contribution >= 0.6 is 0 Å². The van der Waals surface area contributed by atoms with Crippen molar-refractivity contribution < 1.29 is 0 Å². The highest BCUT2D eigenvalue weighted by Gasteiger charge is 2.21. The normalized spacial score (nSPS) is 18.4. The zero-order valence-corrected chi connectivity index (χ0v) is 12.7. The Labute approximate surface area is 112 Å². The molecule has 0 radical (unpaired) electrons. The smallest absolute Gasteiger partial charge is 0.191 e. The molecule has 0 bridgehead atoms. The summed E-state index contributed by atoms with van der Waals surface area (Å²) in [4.78, 5) is 6.94. The maximum Gasteiger partial charge on any atom is 0.191 e. The lowest BCUT2D eigenvalue weighted by Gasteiger charge is -2.31. The van der Waals surface area contributed by atoms with Crippen LogP contribution in [0.15, 0.2) is 4.99 Å². The molecule has 1 aliphatic rings. The first-order valence-corrected chi connectivity index (χ1v) is 7.18. The number of nitrogens with zero attached hydrogens (tertiary/aromatic N) is 2. The first kappa shape index (κ1) is 15.3. The third kappa shape index (κ3) is 4.84. The fourth-order valence-corrected chi connectivity index (χ4v) is 2.00. The Morgan fingerprint density at radius 2 is 1.89 bits per heavy atom. The predicted octanol–water partition coefficient (Wildman–Crippen LogP) is 1.82. The van der Waals surface area contributed by atoms with E-state index >= 15 is 0 Å². The molecule has 2 N–H and O–H groups in total. The summed E-state index contributed by atoms with van der Waals surface area (Å²) in [5, 5.41) is 6.89. The number of guanidine groups is 1. The van der Waals surface area contributed by atoms with Gasteiger partial charge in [-0.15, -0.1) is 0 Å². The SMILES string of the molecule is CCNC(=NCC(C)(C)N(C)C)NC1CCCC1. The van der Waals surface area contributed by atoms with Gasteiger partial charge in [-0.05, 0) is 47.7 Å². The number of hydrogen-bond acceptors (Lipinski definition) is 2. The van der Waals surface area contributed by atoms with Gasteiger partial charge in [-0.1, -0.05) is 12.8 Å². The topological polar surface area (TPSA) is 39.7 Å². The van der Waals surface area contributed by atoms with Crippen LogP contribution in [0.2, 0.25) is 0 Å². The summed E-state index contributed by atoms with van der Waals surface area (Å²) in [5.74, 6) is 0.972. The lowest BCUT2D eigenvalue weighted by molar-refractivity contribution is 0.204. The van der Waals surface area contributed by atoms with Crippen molar-refractivity contribution in [2.75, 3.05) is 27.2 Å². The minimum Gasteiger partial charge on any atom is -0.357 e. The molecule has 0 aromatic heterocycles. The number of likely N-dealkylation sites (N-methyl/N-ethyl adjacent to an activating group) is 1. The monoisotopic (exact) mass is 254 g/mol. The van der Waals surface area contributed by atoms with Gasteiger partial charge >= 0.3 is 0 Å². The maximum absolute atomic E-state index is 4.72. The third-order valence-corrected chi connectivity index (χ3v) is 3.88. The van der Waals surface area contributed by atoms with E-state index in [0.29, 0.717) is 6.04 Å².